The van der Waals surface area contributed by atoms with E-state index in [1.807, 2.05) is 0 Å². The number of carbonyl (C=O) groups is 1. The highest BCUT2D eigenvalue weighted by atomic mass is 32.2. The van der Waals surface area contributed by atoms with E-state index in [0.717, 1.165) is 23.9 Å². The lowest BCUT2D eigenvalue weighted by molar-refractivity contribution is -0.137. The zero-order chi connectivity index (χ0) is 14.8. The van der Waals surface area contributed by atoms with E-state index in [-0.39, 0.29) is 10.9 Å². The average molecular weight is 304 g/mol. The molecule has 0 saturated carbocycles. The van der Waals surface area contributed by atoms with Crippen molar-refractivity contribution in [1.29, 1.82) is 0 Å². The second kappa shape index (κ2) is 5.49. The lowest BCUT2D eigenvalue weighted by atomic mass is 10.2. The molecule has 20 heavy (non-hydrogen) atoms. The minimum atomic E-state index is -4.42. The van der Waals surface area contributed by atoms with Gasteiger partial charge in [0.25, 0.3) is 0 Å². The van der Waals surface area contributed by atoms with Crippen LogP contribution in [0.5, 0.6) is 0 Å². The highest BCUT2D eigenvalue weighted by Crippen LogP contribution is 2.29. The molecule has 106 valence electrons. The molecule has 6 nitrogen and oxygen atoms in total. The van der Waals surface area contributed by atoms with E-state index in [1.54, 1.807) is 0 Å². The molecule has 1 aromatic carbocycles. The fourth-order valence-electron chi connectivity index (χ4n) is 1.35. The van der Waals surface area contributed by atoms with Crippen LogP contribution in [0.4, 0.5) is 13.2 Å². The Bertz CT molecular complexity index is 612. The lowest BCUT2D eigenvalue weighted by Gasteiger charge is -2.08. The van der Waals surface area contributed by atoms with Gasteiger partial charge in [0.1, 0.15) is 0 Å². The number of benzene rings is 1. The van der Waals surface area contributed by atoms with Crippen molar-refractivity contribution in [2.75, 3.05) is 5.75 Å². The topological polar surface area (TPSA) is 80.9 Å². The van der Waals surface area contributed by atoms with Crippen LogP contribution >= 0.6 is 11.8 Å². The van der Waals surface area contributed by atoms with Crippen LogP contribution in [0.25, 0.3) is 5.69 Å². The van der Waals surface area contributed by atoms with Crippen molar-refractivity contribution >= 4 is 17.7 Å². The Morgan fingerprint density at radius 1 is 1.30 bits per heavy atom. The van der Waals surface area contributed by atoms with Gasteiger partial charge in [-0.25, -0.2) is 0 Å². The molecule has 0 aliphatic rings. The number of carboxylic acid groups (broad SMARTS) is 1. The highest BCUT2D eigenvalue weighted by molar-refractivity contribution is 7.99. The largest absolute Gasteiger partial charge is 0.481 e. The van der Waals surface area contributed by atoms with Gasteiger partial charge in [0.05, 0.1) is 17.0 Å². The maximum atomic E-state index is 12.4. The average Bonchev–Trinajstić information content (AvgIpc) is 2.83. The van der Waals surface area contributed by atoms with Crippen LogP contribution in [-0.2, 0) is 11.0 Å². The maximum absolute atomic E-state index is 12.4. The fraction of sp³-hybridized carbons (Fsp3) is 0.200. The Kier molecular flexibility index (Phi) is 3.93. The van der Waals surface area contributed by atoms with E-state index >= 15 is 0 Å². The summed E-state index contributed by atoms with van der Waals surface area (Å²) < 4.78 is 38.5. The molecule has 0 amide bonds. The zero-order valence-electron chi connectivity index (χ0n) is 9.70. The van der Waals surface area contributed by atoms with Crippen LogP contribution in [0.1, 0.15) is 5.56 Å². The van der Waals surface area contributed by atoms with Gasteiger partial charge in [-0.3, -0.25) is 4.79 Å². The Balaban J connectivity index is 2.24. The SMILES string of the molecule is O=C(O)CSc1nnnn1-c1ccc(C(F)(F)F)cc1. The first-order chi connectivity index (χ1) is 9.38. The summed E-state index contributed by atoms with van der Waals surface area (Å²) in [4.78, 5) is 10.5. The number of aliphatic carboxylic acids is 1. The summed E-state index contributed by atoms with van der Waals surface area (Å²) in [6.45, 7) is 0. The van der Waals surface area contributed by atoms with E-state index in [0.29, 0.717) is 5.69 Å². The van der Waals surface area contributed by atoms with Crippen molar-refractivity contribution in [3.63, 3.8) is 0 Å². The third-order valence-electron chi connectivity index (χ3n) is 2.20. The van der Waals surface area contributed by atoms with E-state index < -0.39 is 17.7 Å². The fourth-order valence-corrected chi connectivity index (χ4v) is 1.96. The van der Waals surface area contributed by atoms with Gasteiger partial charge < -0.3 is 5.11 Å². The summed E-state index contributed by atoms with van der Waals surface area (Å²) in [5.74, 6) is -1.29. The Hall–Kier alpha value is -2.10. The van der Waals surface area contributed by atoms with Gasteiger partial charge in [-0.05, 0) is 34.7 Å². The summed E-state index contributed by atoms with van der Waals surface area (Å²) in [6, 6.07) is 4.24. The smallest absolute Gasteiger partial charge is 0.416 e. The minimum Gasteiger partial charge on any atom is -0.481 e. The van der Waals surface area contributed by atoms with Gasteiger partial charge in [-0.15, -0.1) is 5.10 Å². The Labute approximate surface area is 114 Å². The minimum absolute atomic E-state index is 0.187. The van der Waals surface area contributed by atoms with Gasteiger partial charge in [0.2, 0.25) is 5.16 Å². The molecule has 10 heteroatoms. The standard InChI is InChI=1S/C10H7F3N4O2S/c11-10(12,13)6-1-3-7(4-2-6)17-9(14-15-16-17)20-5-8(18)19/h1-4H,5H2,(H,18,19). The van der Waals surface area contributed by atoms with Crippen LogP contribution in [0.2, 0.25) is 0 Å². The third-order valence-corrected chi connectivity index (χ3v) is 3.11. The molecule has 0 radical (unpaired) electrons. The normalized spacial score (nSPS) is 11.6. The van der Waals surface area contributed by atoms with Crippen molar-refractivity contribution < 1.29 is 23.1 Å². The molecule has 0 atom stereocenters. The first-order valence-corrected chi connectivity index (χ1v) is 6.17. The summed E-state index contributed by atoms with van der Waals surface area (Å²) >= 11 is 0.871. The van der Waals surface area contributed by atoms with E-state index in [1.165, 1.54) is 16.8 Å². The second-order valence-corrected chi connectivity index (χ2v) is 4.54. The van der Waals surface area contributed by atoms with Crippen molar-refractivity contribution in [3.8, 4) is 5.69 Å². The van der Waals surface area contributed by atoms with Crippen LogP contribution in [0.3, 0.4) is 0 Å². The lowest BCUT2D eigenvalue weighted by Crippen LogP contribution is -2.06. The predicted octanol–water partition coefficient (Wildman–Crippen LogP) is 1.86. The quantitative estimate of drug-likeness (QED) is 0.868. The predicted molar refractivity (Wildman–Crippen MR) is 62.5 cm³/mol. The summed E-state index contributed by atoms with van der Waals surface area (Å²) in [6.07, 6.45) is -4.42. The van der Waals surface area contributed by atoms with Crippen molar-refractivity contribution in [2.45, 2.75) is 11.3 Å². The van der Waals surface area contributed by atoms with Crippen molar-refractivity contribution in [1.82, 2.24) is 20.2 Å². The van der Waals surface area contributed by atoms with Crippen molar-refractivity contribution in [2.24, 2.45) is 0 Å². The molecule has 1 heterocycles. The monoisotopic (exact) mass is 304 g/mol. The van der Waals surface area contributed by atoms with E-state index in [9.17, 15) is 18.0 Å². The van der Waals surface area contributed by atoms with Gasteiger partial charge in [-0.2, -0.15) is 17.9 Å². The van der Waals surface area contributed by atoms with E-state index in [2.05, 4.69) is 15.5 Å². The second-order valence-electron chi connectivity index (χ2n) is 3.60. The highest BCUT2D eigenvalue weighted by Gasteiger charge is 2.30. The molecule has 0 aliphatic heterocycles. The Morgan fingerprint density at radius 2 is 1.95 bits per heavy atom. The molecular weight excluding hydrogens is 297 g/mol. The van der Waals surface area contributed by atoms with Gasteiger partial charge in [0.15, 0.2) is 0 Å². The molecule has 0 aliphatic carbocycles. The number of tetrazole rings is 1. The number of hydrogen-bond acceptors (Lipinski definition) is 5. The van der Waals surface area contributed by atoms with Crippen LogP contribution in [-0.4, -0.2) is 37.0 Å². The molecule has 2 aromatic rings. The Morgan fingerprint density at radius 3 is 2.50 bits per heavy atom. The zero-order valence-corrected chi connectivity index (χ0v) is 10.5. The van der Waals surface area contributed by atoms with E-state index in [4.69, 9.17) is 5.11 Å². The number of alkyl halides is 3. The van der Waals surface area contributed by atoms with Gasteiger partial charge in [0, 0.05) is 0 Å². The van der Waals surface area contributed by atoms with Crippen LogP contribution in [0.15, 0.2) is 29.4 Å². The van der Waals surface area contributed by atoms with Crippen LogP contribution in [0, 0.1) is 0 Å². The summed E-state index contributed by atoms with van der Waals surface area (Å²) in [7, 11) is 0. The molecule has 1 aromatic heterocycles. The number of thioether (sulfide) groups is 1. The molecule has 0 spiro atoms. The van der Waals surface area contributed by atoms with Gasteiger partial charge >= 0.3 is 12.1 Å². The number of carboxylic acids is 1. The molecular formula is C10H7F3N4O2S. The summed E-state index contributed by atoms with van der Waals surface area (Å²) in [5, 5.41) is 19.4. The molecule has 0 unspecified atom stereocenters. The number of aromatic nitrogens is 4. The number of halogens is 3. The third kappa shape index (κ3) is 3.26. The molecule has 2 rings (SSSR count). The van der Waals surface area contributed by atoms with Crippen molar-refractivity contribution in [3.05, 3.63) is 29.8 Å². The number of nitrogens with zero attached hydrogens (tertiary/aromatic N) is 4. The molecule has 0 fully saturated rings. The molecule has 1 N–H and O–H groups in total. The first-order valence-electron chi connectivity index (χ1n) is 5.18. The molecule has 0 bridgehead atoms. The van der Waals surface area contributed by atoms with Crippen LogP contribution < -0.4 is 0 Å². The maximum Gasteiger partial charge on any atom is 0.416 e. The summed E-state index contributed by atoms with van der Waals surface area (Å²) in [5.41, 5.74) is -0.468. The van der Waals surface area contributed by atoms with Gasteiger partial charge in [-0.1, -0.05) is 11.8 Å². The molecule has 0 saturated heterocycles. The number of rotatable bonds is 4. The first kappa shape index (κ1) is 14.3. The number of hydrogen-bond donors (Lipinski definition) is 1.